The van der Waals surface area contributed by atoms with Gasteiger partial charge in [-0.3, -0.25) is 9.59 Å². The first-order chi connectivity index (χ1) is 21.6. The van der Waals surface area contributed by atoms with Crippen LogP contribution in [-0.4, -0.2) is 27.0 Å². The van der Waals surface area contributed by atoms with Crippen molar-refractivity contribution in [1.29, 1.82) is 0 Å². The Balaban J connectivity index is 1.31. The molecule has 1 atom stereocenters. The van der Waals surface area contributed by atoms with Gasteiger partial charge in [0, 0.05) is 34.6 Å². The molecule has 0 spiro atoms. The van der Waals surface area contributed by atoms with Gasteiger partial charge in [-0.05, 0) is 77.1 Å². The number of fused-ring (bicyclic) bond motifs is 2. The minimum absolute atomic E-state index is 0.0652. The van der Waals surface area contributed by atoms with E-state index < -0.39 is 12.0 Å². The van der Waals surface area contributed by atoms with Gasteiger partial charge in [-0.25, -0.2) is 4.98 Å². The number of rotatable bonds is 10. The quantitative estimate of drug-likeness (QED) is 0.148. The van der Waals surface area contributed by atoms with Gasteiger partial charge in [-0.1, -0.05) is 82.9 Å². The summed E-state index contributed by atoms with van der Waals surface area (Å²) in [5.41, 5.74) is 4.35. The first kappa shape index (κ1) is 30.4. The average Bonchev–Trinajstić information content (AvgIpc) is 3.69. The fraction of sp³-hybridized carbons (Fsp3) is 0.342. The van der Waals surface area contributed by atoms with Crippen LogP contribution in [0.15, 0.2) is 79.0 Å². The number of H-pyrrole nitrogens is 1. The second-order valence-electron chi connectivity index (χ2n) is 13.3. The molecule has 2 aromatic heterocycles. The number of carboxylic acids is 1. The third-order valence-corrected chi connectivity index (χ3v) is 8.98. The molecule has 1 unspecified atom stereocenters. The third-order valence-electron chi connectivity index (χ3n) is 8.98. The Bertz CT molecular complexity index is 1830. The van der Waals surface area contributed by atoms with Gasteiger partial charge in [-0.15, -0.1) is 0 Å². The highest BCUT2D eigenvalue weighted by Gasteiger charge is 2.24. The molecule has 3 N–H and O–H groups in total. The topological polar surface area (TPSA) is 104 Å². The fourth-order valence-electron chi connectivity index (χ4n) is 6.47. The van der Waals surface area contributed by atoms with Crippen LogP contribution in [0.2, 0.25) is 0 Å². The first-order valence-electron chi connectivity index (χ1n) is 15.9. The summed E-state index contributed by atoms with van der Waals surface area (Å²) in [6.07, 6.45) is 7.62. The van der Waals surface area contributed by atoms with Crippen LogP contribution in [0.3, 0.4) is 0 Å². The number of aromatic nitrogens is 2. The standard InChI is InChI=1S/C38H41N3O4/c1-38(2,3)26-13-16-27(17-14-26)45-28-15-12-25-21-35(40-34(30(25)22-28)20-24-8-4-5-9-24)37(44)41-33(18-19-36(42)43)31-23-39-32-11-7-6-10-29(31)32/h6-7,10-17,21-24,33,39H,4-5,8-9,18-20H2,1-3H3,(H,41,44)(H,42,43). The van der Waals surface area contributed by atoms with E-state index in [1.165, 1.54) is 18.4 Å². The van der Waals surface area contributed by atoms with Crippen LogP contribution in [0.1, 0.15) is 92.6 Å². The van der Waals surface area contributed by atoms with Crippen LogP contribution in [0, 0.1) is 5.92 Å². The number of hydrogen-bond acceptors (Lipinski definition) is 4. The molecular formula is C38H41N3O4. The molecule has 232 valence electrons. The second kappa shape index (κ2) is 12.8. The minimum Gasteiger partial charge on any atom is -0.481 e. The number of carbonyl (C=O) groups excluding carboxylic acids is 1. The van der Waals surface area contributed by atoms with Crippen LogP contribution >= 0.6 is 0 Å². The van der Waals surface area contributed by atoms with Crippen LogP contribution in [-0.2, 0) is 16.6 Å². The zero-order chi connectivity index (χ0) is 31.6. The number of para-hydroxylation sites is 1. The lowest BCUT2D eigenvalue weighted by Gasteiger charge is -2.19. The summed E-state index contributed by atoms with van der Waals surface area (Å²) in [5.74, 6) is 0.812. The molecular weight excluding hydrogens is 562 g/mol. The SMILES string of the molecule is CC(C)(C)c1ccc(Oc2ccc3cc(C(=O)NC(CCC(=O)O)c4c[nH]c5ccccc45)nc(CC4CCCC4)c3c2)cc1. The molecule has 0 radical (unpaired) electrons. The van der Waals surface area contributed by atoms with Crippen LogP contribution in [0.4, 0.5) is 0 Å². The summed E-state index contributed by atoms with van der Waals surface area (Å²) in [6, 6.07) is 23.4. The summed E-state index contributed by atoms with van der Waals surface area (Å²) in [5, 5.41) is 15.4. The lowest BCUT2D eigenvalue weighted by molar-refractivity contribution is -0.137. The van der Waals surface area contributed by atoms with Crippen LogP contribution in [0.5, 0.6) is 11.5 Å². The number of carbonyl (C=O) groups is 2. The highest BCUT2D eigenvalue weighted by Crippen LogP contribution is 2.34. The molecule has 0 saturated heterocycles. The van der Waals surface area contributed by atoms with Gasteiger partial charge in [0.1, 0.15) is 17.2 Å². The zero-order valence-electron chi connectivity index (χ0n) is 26.2. The van der Waals surface area contributed by atoms with Crippen molar-refractivity contribution in [3.05, 3.63) is 102 Å². The number of carboxylic acid groups (broad SMARTS) is 1. The Morgan fingerprint density at radius 2 is 1.71 bits per heavy atom. The molecule has 5 aromatic rings. The van der Waals surface area contributed by atoms with E-state index in [9.17, 15) is 14.7 Å². The van der Waals surface area contributed by atoms with Crippen molar-refractivity contribution < 1.29 is 19.4 Å². The maximum atomic E-state index is 13.8. The van der Waals surface area contributed by atoms with Crippen molar-refractivity contribution in [3.8, 4) is 11.5 Å². The summed E-state index contributed by atoms with van der Waals surface area (Å²) in [7, 11) is 0. The molecule has 1 aliphatic rings. The van der Waals surface area contributed by atoms with Gasteiger partial charge in [-0.2, -0.15) is 0 Å². The van der Waals surface area contributed by atoms with E-state index in [2.05, 4.69) is 43.2 Å². The molecule has 1 saturated carbocycles. The second-order valence-corrected chi connectivity index (χ2v) is 13.3. The number of benzene rings is 3. The number of aliphatic carboxylic acids is 1. The number of nitrogens with zero attached hydrogens (tertiary/aromatic N) is 1. The lowest BCUT2D eigenvalue weighted by Crippen LogP contribution is -2.30. The van der Waals surface area contributed by atoms with Gasteiger partial charge in [0.05, 0.1) is 6.04 Å². The number of hydrogen-bond donors (Lipinski definition) is 3. The van der Waals surface area contributed by atoms with Gasteiger partial charge in [0.2, 0.25) is 0 Å². The predicted octanol–water partition coefficient (Wildman–Crippen LogP) is 8.87. The molecule has 0 bridgehead atoms. The van der Waals surface area contributed by atoms with Gasteiger partial charge in [0.25, 0.3) is 5.91 Å². The largest absolute Gasteiger partial charge is 0.481 e. The highest BCUT2D eigenvalue weighted by atomic mass is 16.5. The van der Waals surface area contributed by atoms with Crippen molar-refractivity contribution in [2.45, 2.75) is 77.2 Å². The summed E-state index contributed by atoms with van der Waals surface area (Å²) >= 11 is 0. The first-order valence-corrected chi connectivity index (χ1v) is 15.9. The summed E-state index contributed by atoms with van der Waals surface area (Å²) in [6.45, 7) is 6.58. The van der Waals surface area contributed by atoms with Gasteiger partial charge < -0.3 is 20.1 Å². The maximum Gasteiger partial charge on any atom is 0.303 e. The number of aromatic amines is 1. The van der Waals surface area contributed by atoms with Crippen molar-refractivity contribution >= 4 is 33.6 Å². The molecule has 1 amide bonds. The van der Waals surface area contributed by atoms with Gasteiger partial charge >= 0.3 is 5.97 Å². The van der Waals surface area contributed by atoms with Gasteiger partial charge in [0.15, 0.2) is 0 Å². The average molecular weight is 604 g/mol. The maximum absolute atomic E-state index is 13.8. The number of amides is 1. The molecule has 3 aromatic carbocycles. The summed E-state index contributed by atoms with van der Waals surface area (Å²) in [4.78, 5) is 33.5. The monoisotopic (exact) mass is 603 g/mol. The minimum atomic E-state index is -0.903. The Morgan fingerprint density at radius 3 is 2.44 bits per heavy atom. The van der Waals surface area contributed by atoms with Crippen LogP contribution in [0.25, 0.3) is 21.7 Å². The molecule has 45 heavy (non-hydrogen) atoms. The molecule has 2 heterocycles. The van der Waals surface area contributed by atoms with Crippen LogP contribution < -0.4 is 10.1 Å². The fourth-order valence-corrected chi connectivity index (χ4v) is 6.47. The lowest BCUT2D eigenvalue weighted by atomic mass is 9.87. The number of ether oxygens (including phenoxy) is 1. The Labute approximate surface area is 264 Å². The van der Waals surface area contributed by atoms with Crippen molar-refractivity contribution in [3.63, 3.8) is 0 Å². The van der Waals surface area contributed by atoms with E-state index in [1.807, 2.05) is 66.9 Å². The van der Waals surface area contributed by atoms with Crippen molar-refractivity contribution in [1.82, 2.24) is 15.3 Å². The molecule has 1 aliphatic carbocycles. The zero-order valence-corrected chi connectivity index (χ0v) is 26.2. The van der Waals surface area contributed by atoms with E-state index in [-0.39, 0.29) is 24.2 Å². The Kier molecular flexibility index (Phi) is 8.61. The Hall–Kier alpha value is -4.65. The molecule has 6 rings (SSSR count). The molecule has 7 nitrogen and oxygen atoms in total. The Morgan fingerprint density at radius 1 is 0.978 bits per heavy atom. The van der Waals surface area contributed by atoms with E-state index in [1.54, 1.807) is 0 Å². The number of nitrogens with one attached hydrogen (secondary N) is 2. The third kappa shape index (κ3) is 7.03. The number of pyridine rings is 1. The molecule has 0 aliphatic heterocycles. The van der Waals surface area contributed by atoms with E-state index in [0.29, 0.717) is 11.6 Å². The van der Waals surface area contributed by atoms with E-state index in [0.717, 1.165) is 63.7 Å². The smallest absolute Gasteiger partial charge is 0.303 e. The molecule has 7 heteroatoms. The van der Waals surface area contributed by atoms with Crippen molar-refractivity contribution in [2.24, 2.45) is 5.92 Å². The van der Waals surface area contributed by atoms with E-state index >= 15 is 0 Å². The summed E-state index contributed by atoms with van der Waals surface area (Å²) < 4.78 is 6.27. The predicted molar refractivity (Wildman–Crippen MR) is 178 cm³/mol. The van der Waals surface area contributed by atoms with Crippen molar-refractivity contribution in [2.75, 3.05) is 0 Å². The normalized spacial score (nSPS) is 14.6. The highest BCUT2D eigenvalue weighted by molar-refractivity contribution is 5.98. The van der Waals surface area contributed by atoms with E-state index in [4.69, 9.17) is 9.72 Å². The molecule has 1 fully saturated rings.